The molecule has 1 N–H and O–H groups in total. The first-order valence-electron chi connectivity index (χ1n) is 6.69. The van der Waals surface area contributed by atoms with Crippen LogP contribution in [0.15, 0.2) is 17.0 Å². The largest absolute Gasteiger partial charge is 0.495 e. The number of sulfone groups is 1. The van der Waals surface area contributed by atoms with Gasteiger partial charge in [-0.1, -0.05) is 6.07 Å². The molecule has 1 saturated heterocycles. The topological polar surface area (TPSA) is 55.4 Å². The molecule has 112 valence electrons. The first-order chi connectivity index (χ1) is 9.43. The molecule has 1 heterocycles. The molecule has 0 bridgehead atoms. The molecule has 0 radical (unpaired) electrons. The summed E-state index contributed by atoms with van der Waals surface area (Å²) in [5, 5.41) is 3.26. The normalized spacial score (nSPS) is 17.1. The Hall–Kier alpha value is -1.14. The Bertz CT molecular complexity index is 580. The SMILES string of the molecule is COc1ccc(CC2CCNCC2)c(F)c1S(C)(=O)=O. The van der Waals surface area contributed by atoms with E-state index in [-0.39, 0.29) is 10.6 Å². The molecule has 0 unspecified atom stereocenters. The van der Waals surface area contributed by atoms with Gasteiger partial charge in [-0.25, -0.2) is 12.8 Å². The highest BCUT2D eigenvalue weighted by molar-refractivity contribution is 7.90. The summed E-state index contributed by atoms with van der Waals surface area (Å²) in [6.45, 7) is 1.86. The van der Waals surface area contributed by atoms with E-state index in [9.17, 15) is 12.8 Å². The number of rotatable bonds is 4. The number of hydrogen-bond acceptors (Lipinski definition) is 4. The zero-order valence-electron chi connectivity index (χ0n) is 11.8. The summed E-state index contributed by atoms with van der Waals surface area (Å²) in [4.78, 5) is -0.327. The van der Waals surface area contributed by atoms with E-state index >= 15 is 0 Å². The minimum absolute atomic E-state index is 0.0686. The van der Waals surface area contributed by atoms with Crippen molar-refractivity contribution >= 4 is 9.84 Å². The number of methoxy groups -OCH3 is 1. The Kier molecular flexibility index (Phi) is 4.65. The van der Waals surface area contributed by atoms with Gasteiger partial charge in [-0.2, -0.15) is 0 Å². The first-order valence-corrected chi connectivity index (χ1v) is 8.58. The molecule has 0 saturated carbocycles. The van der Waals surface area contributed by atoms with Crippen LogP contribution in [-0.2, 0) is 16.3 Å². The number of ether oxygens (including phenoxy) is 1. The maximum absolute atomic E-state index is 14.5. The Labute approximate surface area is 119 Å². The lowest BCUT2D eigenvalue weighted by Gasteiger charge is -2.23. The van der Waals surface area contributed by atoms with E-state index in [2.05, 4.69) is 5.32 Å². The Morgan fingerprint density at radius 2 is 2.00 bits per heavy atom. The van der Waals surface area contributed by atoms with Crippen molar-refractivity contribution in [2.45, 2.75) is 24.2 Å². The van der Waals surface area contributed by atoms with Gasteiger partial charge in [0.2, 0.25) is 0 Å². The van der Waals surface area contributed by atoms with E-state index in [1.807, 2.05) is 0 Å². The fourth-order valence-corrected chi connectivity index (χ4v) is 3.61. The molecule has 4 nitrogen and oxygen atoms in total. The minimum atomic E-state index is -3.65. The minimum Gasteiger partial charge on any atom is -0.495 e. The molecule has 2 rings (SSSR count). The standard InChI is InChI=1S/C14H20FNO3S/c1-19-12-4-3-11(9-10-5-7-16-8-6-10)13(15)14(12)20(2,17)18/h3-4,10,16H,5-9H2,1-2H3. The summed E-state index contributed by atoms with van der Waals surface area (Å²) >= 11 is 0. The van der Waals surface area contributed by atoms with E-state index in [4.69, 9.17) is 4.74 Å². The van der Waals surface area contributed by atoms with Gasteiger partial charge in [-0.05, 0) is 49.9 Å². The molecule has 20 heavy (non-hydrogen) atoms. The number of hydrogen-bond donors (Lipinski definition) is 1. The number of nitrogens with one attached hydrogen (secondary N) is 1. The Balaban J connectivity index is 2.35. The van der Waals surface area contributed by atoms with Gasteiger partial charge >= 0.3 is 0 Å². The average molecular weight is 301 g/mol. The molecule has 1 fully saturated rings. The highest BCUT2D eigenvalue weighted by atomic mass is 32.2. The van der Waals surface area contributed by atoms with Crippen LogP contribution in [0.2, 0.25) is 0 Å². The van der Waals surface area contributed by atoms with Crippen molar-refractivity contribution in [1.29, 1.82) is 0 Å². The molecular weight excluding hydrogens is 281 g/mol. The van der Waals surface area contributed by atoms with Crippen molar-refractivity contribution in [3.8, 4) is 5.75 Å². The zero-order valence-corrected chi connectivity index (χ0v) is 12.6. The highest BCUT2D eigenvalue weighted by Crippen LogP contribution is 2.31. The van der Waals surface area contributed by atoms with Gasteiger partial charge in [0.15, 0.2) is 9.84 Å². The molecule has 1 aliphatic rings. The van der Waals surface area contributed by atoms with Crippen molar-refractivity contribution < 1.29 is 17.5 Å². The molecule has 6 heteroatoms. The zero-order chi connectivity index (χ0) is 14.8. The second-order valence-electron chi connectivity index (χ2n) is 5.24. The maximum atomic E-state index is 14.5. The molecule has 0 aliphatic carbocycles. The van der Waals surface area contributed by atoms with Crippen LogP contribution in [0.3, 0.4) is 0 Å². The van der Waals surface area contributed by atoms with Gasteiger partial charge < -0.3 is 10.1 Å². The van der Waals surface area contributed by atoms with Gasteiger partial charge in [-0.15, -0.1) is 0 Å². The first kappa shape index (κ1) is 15.3. The van der Waals surface area contributed by atoms with Crippen LogP contribution in [0.4, 0.5) is 4.39 Å². The van der Waals surface area contributed by atoms with E-state index in [0.717, 1.165) is 32.2 Å². The smallest absolute Gasteiger partial charge is 0.182 e. The average Bonchev–Trinajstić information content (AvgIpc) is 2.40. The third kappa shape index (κ3) is 3.30. The van der Waals surface area contributed by atoms with Crippen LogP contribution >= 0.6 is 0 Å². The predicted octanol–water partition coefficient (Wildman–Crippen LogP) is 1.78. The van der Waals surface area contributed by atoms with E-state index in [1.54, 1.807) is 6.07 Å². The van der Waals surface area contributed by atoms with Crippen LogP contribution in [0, 0.1) is 11.7 Å². The Morgan fingerprint density at radius 3 is 2.55 bits per heavy atom. The summed E-state index contributed by atoms with van der Waals surface area (Å²) in [6, 6.07) is 3.17. The summed E-state index contributed by atoms with van der Waals surface area (Å²) < 4.78 is 43.0. The van der Waals surface area contributed by atoms with Gasteiger partial charge in [0, 0.05) is 6.26 Å². The molecule has 1 aliphatic heterocycles. The van der Waals surface area contributed by atoms with Crippen molar-refractivity contribution in [2.24, 2.45) is 5.92 Å². The molecule has 0 spiro atoms. The third-order valence-electron chi connectivity index (χ3n) is 3.70. The molecule has 0 atom stereocenters. The van der Waals surface area contributed by atoms with E-state index < -0.39 is 15.7 Å². The van der Waals surface area contributed by atoms with Crippen LogP contribution in [0.5, 0.6) is 5.75 Å². The number of halogens is 1. The maximum Gasteiger partial charge on any atom is 0.182 e. The lowest BCUT2D eigenvalue weighted by atomic mass is 9.91. The predicted molar refractivity (Wildman–Crippen MR) is 75.4 cm³/mol. The summed E-state index contributed by atoms with van der Waals surface area (Å²) in [5.74, 6) is -0.198. The van der Waals surface area contributed by atoms with Crippen molar-refractivity contribution in [2.75, 3.05) is 26.5 Å². The number of piperidine rings is 1. The summed E-state index contributed by atoms with van der Waals surface area (Å²) in [6.07, 6.45) is 3.54. The van der Waals surface area contributed by atoms with Crippen LogP contribution < -0.4 is 10.1 Å². The third-order valence-corrected chi connectivity index (χ3v) is 4.82. The van der Waals surface area contributed by atoms with Gasteiger partial charge in [0.05, 0.1) is 7.11 Å². The highest BCUT2D eigenvalue weighted by Gasteiger charge is 2.24. The molecule has 1 aromatic rings. The van der Waals surface area contributed by atoms with Crippen LogP contribution in [0.1, 0.15) is 18.4 Å². The van der Waals surface area contributed by atoms with Crippen molar-refractivity contribution in [1.82, 2.24) is 5.32 Å². The van der Waals surface area contributed by atoms with Crippen LogP contribution in [-0.4, -0.2) is 34.9 Å². The van der Waals surface area contributed by atoms with Gasteiger partial charge in [0.25, 0.3) is 0 Å². The summed E-state index contributed by atoms with van der Waals surface area (Å²) in [5.41, 5.74) is 0.457. The second-order valence-corrected chi connectivity index (χ2v) is 7.19. The monoisotopic (exact) mass is 301 g/mol. The summed E-state index contributed by atoms with van der Waals surface area (Å²) in [7, 11) is -2.31. The van der Waals surface area contributed by atoms with E-state index in [0.29, 0.717) is 17.9 Å². The Morgan fingerprint density at radius 1 is 1.35 bits per heavy atom. The molecular formula is C14H20FNO3S. The molecule has 0 amide bonds. The second kappa shape index (κ2) is 6.10. The quantitative estimate of drug-likeness (QED) is 0.921. The van der Waals surface area contributed by atoms with Gasteiger partial charge in [-0.3, -0.25) is 0 Å². The van der Waals surface area contributed by atoms with Crippen molar-refractivity contribution in [3.05, 3.63) is 23.5 Å². The van der Waals surface area contributed by atoms with E-state index in [1.165, 1.54) is 13.2 Å². The fourth-order valence-electron chi connectivity index (χ4n) is 2.64. The van der Waals surface area contributed by atoms with Crippen molar-refractivity contribution in [3.63, 3.8) is 0 Å². The van der Waals surface area contributed by atoms with Gasteiger partial charge in [0.1, 0.15) is 16.5 Å². The number of benzene rings is 1. The van der Waals surface area contributed by atoms with Crippen LogP contribution in [0.25, 0.3) is 0 Å². The molecule has 1 aromatic carbocycles. The fraction of sp³-hybridized carbons (Fsp3) is 0.571. The molecule has 0 aromatic heterocycles. The lowest BCUT2D eigenvalue weighted by molar-refractivity contribution is 0.364. The lowest BCUT2D eigenvalue weighted by Crippen LogP contribution is -2.28.